The van der Waals surface area contributed by atoms with Crippen molar-refractivity contribution in [1.29, 1.82) is 0 Å². The van der Waals surface area contributed by atoms with Gasteiger partial charge in [0.2, 0.25) is 0 Å². The van der Waals surface area contributed by atoms with Crippen LogP contribution in [0.1, 0.15) is 36.0 Å². The number of phenolic OH excluding ortho intramolecular Hbond substituents is 1. The molecule has 0 amide bonds. The molecular formula is C13H17NO2. The van der Waals surface area contributed by atoms with E-state index in [2.05, 4.69) is 0 Å². The lowest BCUT2D eigenvalue weighted by molar-refractivity contribution is 0.134. The molecule has 1 saturated carbocycles. The zero-order valence-corrected chi connectivity index (χ0v) is 9.33. The predicted octanol–water partition coefficient (Wildman–Crippen LogP) is 1.85. The first kappa shape index (κ1) is 10.1. The van der Waals surface area contributed by atoms with Crippen LogP contribution in [0, 0.1) is 0 Å². The largest absolute Gasteiger partial charge is 0.508 e. The third-order valence-corrected chi connectivity index (χ3v) is 3.77. The maximum atomic E-state index is 9.90. The second kappa shape index (κ2) is 3.47. The van der Waals surface area contributed by atoms with E-state index in [0.717, 1.165) is 31.2 Å². The molecule has 0 atom stereocenters. The van der Waals surface area contributed by atoms with Crippen molar-refractivity contribution in [1.82, 2.24) is 0 Å². The highest BCUT2D eigenvalue weighted by Gasteiger charge is 2.37. The molecule has 86 valence electrons. The van der Waals surface area contributed by atoms with Gasteiger partial charge in [0, 0.05) is 5.54 Å². The van der Waals surface area contributed by atoms with Gasteiger partial charge >= 0.3 is 0 Å². The Morgan fingerprint density at radius 1 is 1.31 bits per heavy atom. The van der Waals surface area contributed by atoms with Crippen LogP contribution in [0.2, 0.25) is 0 Å². The monoisotopic (exact) mass is 219 g/mol. The van der Waals surface area contributed by atoms with Gasteiger partial charge in [0.15, 0.2) is 0 Å². The Bertz CT molecular complexity index is 424. The lowest BCUT2D eigenvalue weighted by Crippen LogP contribution is -2.22. The second-order valence-electron chi connectivity index (χ2n) is 5.06. The summed E-state index contributed by atoms with van der Waals surface area (Å²) < 4.78 is 5.42. The maximum absolute atomic E-state index is 9.90. The van der Waals surface area contributed by atoms with Crippen LogP contribution in [-0.2, 0) is 24.4 Å². The van der Waals surface area contributed by atoms with Crippen LogP contribution in [0.25, 0.3) is 0 Å². The molecule has 3 N–H and O–H groups in total. The average Bonchev–Trinajstić information content (AvgIpc) is 2.81. The topological polar surface area (TPSA) is 55.5 Å². The SMILES string of the molecule is NC1(CCc2c(O)ccc3c2COC3)CC1. The van der Waals surface area contributed by atoms with Gasteiger partial charge < -0.3 is 15.6 Å². The van der Waals surface area contributed by atoms with Gasteiger partial charge in [0.25, 0.3) is 0 Å². The van der Waals surface area contributed by atoms with Crippen molar-refractivity contribution in [2.24, 2.45) is 5.73 Å². The molecule has 0 unspecified atom stereocenters. The molecule has 1 fully saturated rings. The van der Waals surface area contributed by atoms with Crippen molar-refractivity contribution < 1.29 is 9.84 Å². The molecule has 3 rings (SSSR count). The van der Waals surface area contributed by atoms with E-state index in [1.54, 1.807) is 6.07 Å². The van der Waals surface area contributed by atoms with E-state index in [-0.39, 0.29) is 5.54 Å². The molecule has 1 aliphatic heterocycles. The Morgan fingerprint density at radius 2 is 2.12 bits per heavy atom. The van der Waals surface area contributed by atoms with Crippen molar-refractivity contribution in [3.8, 4) is 5.75 Å². The molecule has 1 aromatic rings. The van der Waals surface area contributed by atoms with Gasteiger partial charge in [0.05, 0.1) is 13.2 Å². The van der Waals surface area contributed by atoms with Crippen LogP contribution in [0.3, 0.4) is 0 Å². The van der Waals surface area contributed by atoms with Crippen molar-refractivity contribution in [3.63, 3.8) is 0 Å². The number of phenols is 1. The summed E-state index contributed by atoms with van der Waals surface area (Å²) in [6.45, 7) is 1.31. The van der Waals surface area contributed by atoms with Gasteiger partial charge in [-0.1, -0.05) is 6.07 Å². The molecule has 3 nitrogen and oxygen atoms in total. The highest BCUT2D eigenvalue weighted by molar-refractivity contribution is 5.45. The number of hydrogen-bond donors (Lipinski definition) is 2. The summed E-state index contributed by atoms with van der Waals surface area (Å²) in [5.41, 5.74) is 9.58. The van der Waals surface area contributed by atoms with E-state index in [1.807, 2.05) is 6.07 Å². The summed E-state index contributed by atoms with van der Waals surface area (Å²) in [5.74, 6) is 0.397. The number of hydrogen-bond acceptors (Lipinski definition) is 3. The van der Waals surface area contributed by atoms with E-state index in [4.69, 9.17) is 10.5 Å². The molecule has 0 bridgehead atoms. The van der Waals surface area contributed by atoms with Crippen molar-refractivity contribution in [3.05, 3.63) is 28.8 Å². The lowest BCUT2D eigenvalue weighted by Gasteiger charge is -2.12. The van der Waals surface area contributed by atoms with Gasteiger partial charge in [-0.15, -0.1) is 0 Å². The lowest BCUT2D eigenvalue weighted by atomic mass is 9.96. The second-order valence-corrected chi connectivity index (χ2v) is 5.06. The van der Waals surface area contributed by atoms with Crippen LogP contribution in [0.15, 0.2) is 12.1 Å². The number of benzene rings is 1. The van der Waals surface area contributed by atoms with Gasteiger partial charge in [-0.2, -0.15) is 0 Å². The molecule has 16 heavy (non-hydrogen) atoms. The summed E-state index contributed by atoms with van der Waals surface area (Å²) in [4.78, 5) is 0. The van der Waals surface area contributed by atoms with E-state index >= 15 is 0 Å². The van der Waals surface area contributed by atoms with Gasteiger partial charge in [-0.05, 0) is 48.4 Å². The standard InChI is InChI=1S/C13H17NO2/c14-13(5-6-13)4-3-10-11-8-16-7-9(11)1-2-12(10)15/h1-2,15H,3-8,14H2. The highest BCUT2D eigenvalue weighted by Crippen LogP contribution is 2.39. The molecule has 2 aliphatic rings. The van der Waals surface area contributed by atoms with Crippen molar-refractivity contribution in [2.45, 2.75) is 44.4 Å². The van der Waals surface area contributed by atoms with Crippen molar-refractivity contribution >= 4 is 0 Å². The minimum atomic E-state index is 0.0502. The number of ether oxygens (including phenoxy) is 1. The predicted molar refractivity (Wildman–Crippen MR) is 61.1 cm³/mol. The fourth-order valence-electron chi connectivity index (χ4n) is 2.37. The van der Waals surface area contributed by atoms with Crippen molar-refractivity contribution in [2.75, 3.05) is 0 Å². The minimum absolute atomic E-state index is 0.0502. The molecule has 3 heteroatoms. The fraction of sp³-hybridized carbons (Fsp3) is 0.538. The van der Waals surface area contributed by atoms with Gasteiger partial charge in [-0.3, -0.25) is 0 Å². The third-order valence-electron chi connectivity index (χ3n) is 3.77. The summed E-state index contributed by atoms with van der Waals surface area (Å²) in [6.07, 6.45) is 4.09. The Balaban J connectivity index is 1.84. The summed E-state index contributed by atoms with van der Waals surface area (Å²) in [7, 11) is 0. The maximum Gasteiger partial charge on any atom is 0.119 e. The summed E-state index contributed by atoms with van der Waals surface area (Å²) in [6, 6.07) is 3.73. The number of aromatic hydroxyl groups is 1. The molecule has 1 aliphatic carbocycles. The first-order valence-corrected chi connectivity index (χ1v) is 5.87. The summed E-state index contributed by atoms with van der Waals surface area (Å²) in [5, 5.41) is 9.90. The number of rotatable bonds is 3. The molecule has 1 heterocycles. The Kier molecular flexibility index (Phi) is 2.19. The van der Waals surface area contributed by atoms with E-state index < -0.39 is 0 Å². The third kappa shape index (κ3) is 1.70. The fourth-order valence-corrected chi connectivity index (χ4v) is 2.37. The van der Waals surface area contributed by atoms with Crippen LogP contribution >= 0.6 is 0 Å². The minimum Gasteiger partial charge on any atom is -0.508 e. The van der Waals surface area contributed by atoms with E-state index in [0.29, 0.717) is 19.0 Å². The zero-order chi connectivity index (χ0) is 11.2. The van der Waals surface area contributed by atoms with Crippen LogP contribution in [-0.4, -0.2) is 10.6 Å². The van der Waals surface area contributed by atoms with Gasteiger partial charge in [0.1, 0.15) is 5.75 Å². The number of nitrogens with two attached hydrogens (primary N) is 1. The first-order chi connectivity index (χ1) is 7.68. The van der Waals surface area contributed by atoms with Crippen LogP contribution in [0.4, 0.5) is 0 Å². The van der Waals surface area contributed by atoms with Gasteiger partial charge in [-0.25, -0.2) is 0 Å². The Hall–Kier alpha value is -1.06. The molecule has 1 aromatic carbocycles. The van der Waals surface area contributed by atoms with Crippen LogP contribution < -0.4 is 5.73 Å². The Morgan fingerprint density at radius 3 is 2.88 bits per heavy atom. The quantitative estimate of drug-likeness (QED) is 0.815. The van der Waals surface area contributed by atoms with E-state index in [9.17, 15) is 5.11 Å². The van der Waals surface area contributed by atoms with E-state index in [1.165, 1.54) is 11.1 Å². The zero-order valence-electron chi connectivity index (χ0n) is 9.33. The Labute approximate surface area is 95.2 Å². The summed E-state index contributed by atoms with van der Waals surface area (Å²) >= 11 is 0. The highest BCUT2D eigenvalue weighted by atomic mass is 16.5. The molecule has 0 radical (unpaired) electrons. The molecular weight excluding hydrogens is 202 g/mol. The first-order valence-electron chi connectivity index (χ1n) is 5.87. The smallest absolute Gasteiger partial charge is 0.119 e. The normalized spacial score (nSPS) is 20.8. The van der Waals surface area contributed by atoms with Crippen LogP contribution in [0.5, 0.6) is 5.75 Å². The number of fused-ring (bicyclic) bond motifs is 1. The average molecular weight is 219 g/mol. The molecule has 0 saturated heterocycles. The molecule has 0 aromatic heterocycles. The molecule has 0 spiro atoms.